The number of rotatable bonds is 3. The van der Waals surface area contributed by atoms with Gasteiger partial charge in [-0.1, -0.05) is 40.9 Å². The van der Waals surface area contributed by atoms with Gasteiger partial charge in [0, 0.05) is 22.6 Å². The molecule has 2 aromatic carbocycles. The Morgan fingerprint density at radius 2 is 1.84 bits per heavy atom. The van der Waals surface area contributed by atoms with Gasteiger partial charge in [0.1, 0.15) is 11.5 Å². The molecule has 0 unspecified atom stereocenters. The minimum Gasteiger partial charge on any atom is -0.455 e. The lowest BCUT2D eigenvalue weighted by atomic mass is 10.1. The summed E-state index contributed by atoms with van der Waals surface area (Å²) in [5.41, 5.74) is 7.78. The first-order valence-electron chi connectivity index (χ1n) is 5.63. The second-order valence-corrected chi connectivity index (χ2v) is 5.78. The highest BCUT2D eigenvalue weighted by atomic mass is 79.9. The molecule has 19 heavy (non-hydrogen) atoms. The minimum absolute atomic E-state index is 0.402. The summed E-state index contributed by atoms with van der Waals surface area (Å²) in [6.45, 7) is 2.41. The summed E-state index contributed by atoms with van der Waals surface area (Å²) in [6, 6.07) is 9.21. The van der Waals surface area contributed by atoms with Crippen molar-refractivity contribution in [1.29, 1.82) is 0 Å². The summed E-state index contributed by atoms with van der Waals surface area (Å²) in [5.74, 6) is 1.20. The quantitative estimate of drug-likeness (QED) is 0.752. The summed E-state index contributed by atoms with van der Waals surface area (Å²) in [5, 5.41) is 1.03. The number of ether oxygens (including phenoxy) is 1. The zero-order valence-corrected chi connectivity index (χ0v) is 13.3. The molecule has 0 saturated carbocycles. The van der Waals surface area contributed by atoms with E-state index in [-0.39, 0.29) is 0 Å². The van der Waals surface area contributed by atoms with E-state index in [1.807, 2.05) is 25.1 Å². The summed E-state index contributed by atoms with van der Waals surface area (Å²) in [7, 11) is 0. The van der Waals surface area contributed by atoms with E-state index in [0.717, 1.165) is 15.6 Å². The van der Waals surface area contributed by atoms with E-state index < -0.39 is 0 Å². The van der Waals surface area contributed by atoms with Crippen LogP contribution in [-0.2, 0) is 6.54 Å². The second kappa shape index (κ2) is 6.14. The van der Waals surface area contributed by atoms with E-state index in [2.05, 4.69) is 15.9 Å². The molecule has 2 aromatic rings. The third-order valence-corrected chi connectivity index (χ3v) is 4.12. The molecule has 0 radical (unpaired) electrons. The lowest BCUT2D eigenvalue weighted by molar-refractivity contribution is 0.476. The SMILES string of the molecule is Cc1ccc(Oc2cc(Cl)c(Br)cc2Cl)c(CN)c1. The Hall–Kier alpha value is -0.740. The van der Waals surface area contributed by atoms with Crippen LogP contribution in [-0.4, -0.2) is 0 Å². The molecule has 5 heteroatoms. The van der Waals surface area contributed by atoms with Gasteiger partial charge >= 0.3 is 0 Å². The molecule has 0 atom stereocenters. The molecular formula is C14H12BrCl2NO. The fourth-order valence-electron chi connectivity index (χ4n) is 1.67. The molecule has 0 aliphatic rings. The van der Waals surface area contributed by atoms with Crippen molar-refractivity contribution in [2.75, 3.05) is 0 Å². The Bertz CT molecular complexity index is 617. The molecule has 0 aromatic heterocycles. The van der Waals surface area contributed by atoms with E-state index in [9.17, 15) is 0 Å². The summed E-state index contributed by atoms with van der Waals surface area (Å²) >= 11 is 15.5. The van der Waals surface area contributed by atoms with Crippen LogP contribution in [0.1, 0.15) is 11.1 Å². The topological polar surface area (TPSA) is 35.2 Å². The number of benzene rings is 2. The van der Waals surface area contributed by atoms with Crippen molar-refractivity contribution in [3.05, 3.63) is 56.0 Å². The van der Waals surface area contributed by atoms with Crippen LogP contribution in [0.5, 0.6) is 11.5 Å². The summed E-state index contributed by atoms with van der Waals surface area (Å²) in [6.07, 6.45) is 0. The predicted molar refractivity (Wildman–Crippen MR) is 83.3 cm³/mol. The van der Waals surface area contributed by atoms with E-state index in [0.29, 0.717) is 28.1 Å². The van der Waals surface area contributed by atoms with Gasteiger partial charge in [-0.05, 0) is 35.0 Å². The van der Waals surface area contributed by atoms with Gasteiger partial charge in [-0.15, -0.1) is 0 Å². The first-order chi connectivity index (χ1) is 9.01. The number of hydrogen-bond donors (Lipinski definition) is 1. The lowest BCUT2D eigenvalue weighted by Crippen LogP contribution is -2.00. The van der Waals surface area contributed by atoms with Gasteiger partial charge in [0.05, 0.1) is 10.0 Å². The molecule has 0 spiro atoms. The van der Waals surface area contributed by atoms with Crippen LogP contribution < -0.4 is 10.5 Å². The smallest absolute Gasteiger partial charge is 0.147 e. The highest BCUT2D eigenvalue weighted by molar-refractivity contribution is 9.10. The highest BCUT2D eigenvalue weighted by Gasteiger charge is 2.10. The Morgan fingerprint density at radius 3 is 2.53 bits per heavy atom. The zero-order valence-electron chi connectivity index (χ0n) is 10.2. The van der Waals surface area contributed by atoms with Crippen LogP contribution in [0, 0.1) is 6.92 Å². The monoisotopic (exact) mass is 359 g/mol. The number of nitrogens with two attached hydrogens (primary N) is 1. The summed E-state index contributed by atoms with van der Waals surface area (Å²) in [4.78, 5) is 0. The van der Waals surface area contributed by atoms with Crippen LogP contribution in [0.2, 0.25) is 10.0 Å². The van der Waals surface area contributed by atoms with E-state index in [1.165, 1.54) is 0 Å². The Balaban J connectivity index is 2.39. The van der Waals surface area contributed by atoms with E-state index in [1.54, 1.807) is 12.1 Å². The van der Waals surface area contributed by atoms with Gasteiger partial charge in [-0.25, -0.2) is 0 Å². The molecule has 0 fully saturated rings. The average molecular weight is 361 g/mol. The lowest BCUT2D eigenvalue weighted by Gasteiger charge is -2.12. The molecule has 0 aliphatic heterocycles. The largest absolute Gasteiger partial charge is 0.455 e. The van der Waals surface area contributed by atoms with E-state index in [4.69, 9.17) is 33.7 Å². The van der Waals surface area contributed by atoms with Gasteiger partial charge < -0.3 is 10.5 Å². The highest BCUT2D eigenvalue weighted by Crippen LogP contribution is 2.37. The van der Waals surface area contributed by atoms with Crippen molar-refractivity contribution in [2.24, 2.45) is 5.73 Å². The Labute approximate surface area is 130 Å². The van der Waals surface area contributed by atoms with Crippen molar-refractivity contribution in [3.63, 3.8) is 0 Å². The number of halogens is 3. The number of aryl methyl sites for hydroxylation is 1. The van der Waals surface area contributed by atoms with Gasteiger partial charge in [-0.2, -0.15) is 0 Å². The van der Waals surface area contributed by atoms with E-state index >= 15 is 0 Å². The summed E-state index contributed by atoms with van der Waals surface area (Å²) < 4.78 is 6.54. The van der Waals surface area contributed by atoms with Crippen molar-refractivity contribution in [3.8, 4) is 11.5 Å². The molecule has 0 bridgehead atoms. The predicted octanol–water partition coefficient (Wildman–Crippen LogP) is 5.32. The van der Waals surface area contributed by atoms with Crippen LogP contribution >= 0.6 is 39.1 Å². The number of hydrogen-bond acceptors (Lipinski definition) is 2. The zero-order chi connectivity index (χ0) is 14.0. The normalized spacial score (nSPS) is 10.6. The van der Waals surface area contributed by atoms with Crippen molar-refractivity contribution in [1.82, 2.24) is 0 Å². The van der Waals surface area contributed by atoms with Crippen molar-refractivity contribution < 1.29 is 4.74 Å². The molecule has 0 aliphatic carbocycles. The first kappa shape index (κ1) is 14.7. The molecule has 100 valence electrons. The van der Waals surface area contributed by atoms with Gasteiger partial charge in [0.25, 0.3) is 0 Å². The maximum absolute atomic E-state index is 6.13. The standard InChI is InChI=1S/C14H12BrCl2NO/c1-8-2-3-13(9(4-8)7-18)19-14-6-11(16)10(15)5-12(14)17/h2-6H,7,18H2,1H3. The van der Waals surface area contributed by atoms with Crippen LogP contribution in [0.25, 0.3) is 0 Å². The first-order valence-corrected chi connectivity index (χ1v) is 7.18. The third-order valence-electron chi connectivity index (χ3n) is 2.63. The molecule has 2 nitrogen and oxygen atoms in total. The molecule has 0 heterocycles. The fourth-order valence-corrected chi connectivity index (χ4v) is 2.50. The third kappa shape index (κ3) is 3.42. The van der Waals surface area contributed by atoms with Crippen LogP contribution in [0.4, 0.5) is 0 Å². The van der Waals surface area contributed by atoms with Gasteiger partial charge in [0.15, 0.2) is 0 Å². The molecule has 0 amide bonds. The Morgan fingerprint density at radius 1 is 1.11 bits per heavy atom. The minimum atomic E-state index is 0.402. The van der Waals surface area contributed by atoms with Crippen molar-refractivity contribution in [2.45, 2.75) is 13.5 Å². The van der Waals surface area contributed by atoms with Crippen LogP contribution in [0.3, 0.4) is 0 Å². The Kier molecular flexibility index (Phi) is 4.74. The van der Waals surface area contributed by atoms with Crippen LogP contribution in [0.15, 0.2) is 34.8 Å². The molecular weight excluding hydrogens is 349 g/mol. The molecule has 0 saturated heterocycles. The molecule has 2 rings (SSSR count). The fraction of sp³-hybridized carbons (Fsp3) is 0.143. The van der Waals surface area contributed by atoms with Crippen molar-refractivity contribution >= 4 is 39.1 Å². The maximum Gasteiger partial charge on any atom is 0.147 e. The second-order valence-electron chi connectivity index (χ2n) is 4.11. The van der Waals surface area contributed by atoms with Gasteiger partial charge in [-0.3, -0.25) is 0 Å². The van der Waals surface area contributed by atoms with Gasteiger partial charge in [0.2, 0.25) is 0 Å². The molecule has 2 N–H and O–H groups in total. The maximum atomic E-state index is 6.13. The average Bonchev–Trinajstić information content (AvgIpc) is 2.37.